The maximum Gasteiger partial charge on any atom is 0.170 e. The molecule has 4 rings (SSSR count). The summed E-state index contributed by atoms with van der Waals surface area (Å²) in [6.45, 7) is -1.18. The van der Waals surface area contributed by atoms with E-state index in [1.807, 2.05) is 6.07 Å². The second-order valence-corrected chi connectivity index (χ2v) is 7.17. The Hall–Kier alpha value is -3.16. The molecule has 8 heteroatoms. The molecule has 2 aromatic carbocycles. The molecule has 0 amide bonds. The number of nitrogens with zero attached hydrogens (tertiary/aromatic N) is 1. The van der Waals surface area contributed by atoms with E-state index in [1.54, 1.807) is 36.5 Å². The number of alkyl halides is 1. The van der Waals surface area contributed by atoms with Crippen molar-refractivity contribution in [3.63, 3.8) is 0 Å². The summed E-state index contributed by atoms with van der Waals surface area (Å²) in [6, 6.07) is 13.1. The van der Waals surface area contributed by atoms with Crippen LogP contribution < -0.4 is 9.47 Å². The van der Waals surface area contributed by atoms with Crippen molar-refractivity contribution in [3.05, 3.63) is 76.7 Å². The first kappa shape index (κ1) is 21.1. The number of pyridine rings is 1. The number of aromatic nitrogens is 2. The third-order valence-electron chi connectivity index (χ3n) is 4.81. The first-order chi connectivity index (χ1) is 15.1. The molecule has 2 heterocycles. The van der Waals surface area contributed by atoms with Gasteiger partial charge in [-0.3, -0.25) is 0 Å². The Morgan fingerprint density at radius 1 is 1.10 bits per heavy atom. The Morgan fingerprint density at radius 2 is 1.97 bits per heavy atom. The number of benzene rings is 2. The molecule has 31 heavy (non-hydrogen) atoms. The highest BCUT2D eigenvalue weighted by Gasteiger charge is 2.20. The van der Waals surface area contributed by atoms with Crippen molar-refractivity contribution in [2.24, 2.45) is 0 Å². The zero-order valence-corrected chi connectivity index (χ0v) is 17.1. The number of nitrogens with one attached hydrogen (secondary N) is 1. The standard InChI is InChI=1S/C23H19ClF2N2O3/c24-15-7-6-14(19(26)11-15)13-31-20-5-1-3-17(22(20)30-10-8-25)21-18(12-29)16-4-2-9-27-23(16)28-21/h1-7,9,11,29H,8,10,12-13H2,(H,27,28). The SMILES string of the molecule is OCc1c(-c2cccc(OCc3ccc(Cl)cc3F)c2OCCF)[nH]c2ncccc12. The second kappa shape index (κ2) is 9.32. The number of rotatable bonds is 8. The lowest BCUT2D eigenvalue weighted by Gasteiger charge is -2.16. The summed E-state index contributed by atoms with van der Waals surface area (Å²) in [7, 11) is 0. The number of hydrogen-bond donors (Lipinski definition) is 2. The fourth-order valence-electron chi connectivity index (χ4n) is 3.38. The van der Waals surface area contributed by atoms with Crippen LogP contribution in [0.15, 0.2) is 54.7 Å². The lowest BCUT2D eigenvalue weighted by Crippen LogP contribution is -2.05. The molecule has 0 spiro atoms. The molecular formula is C23H19ClF2N2O3. The van der Waals surface area contributed by atoms with E-state index in [1.165, 1.54) is 12.1 Å². The summed E-state index contributed by atoms with van der Waals surface area (Å²) in [4.78, 5) is 7.48. The van der Waals surface area contributed by atoms with Gasteiger partial charge in [-0.15, -0.1) is 0 Å². The average molecular weight is 445 g/mol. The monoisotopic (exact) mass is 444 g/mol. The molecule has 0 aliphatic heterocycles. The van der Waals surface area contributed by atoms with Crippen LogP contribution in [0, 0.1) is 5.82 Å². The van der Waals surface area contributed by atoms with Crippen LogP contribution in [-0.4, -0.2) is 28.4 Å². The summed E-state index contributed by atoms with van der Waals surface area (Å²) in [5.74, 6) is 0.116. The Labute approximate surface area is 182 Å². The molecule has 5 nitrogen and oxygen atoms in total. The van der Waals surface area contributed by atoms with Gasteiger partial charge < -0.3 is 19.6 Å². The van der Waals surface area contributed by atoms with Crippen LogP contribution in [0.3, 0.4) is 0 Å². The summed E-state index contributed by atoms with van der Waals surface area (Å²) >= 11 is 5.80. The molecular weight excluding hydrogens is 426 g/mol. The highest BCUT2D eigenvalue weighted by Crippen LogP contribution is 2.41. The topological polar surface area (TPSA) is 67.4 Å². The predicted molar refractivity (Wildman–Crippen MR) is 115 cm³/mol. The maximum atomic E-state index is 14.1. The molecule has 4 aromatic rings. The molecule has 0 fully saturated rings. The molecule has 0 unspecified atom stereocenters. The van der Waals surface area contributed by atoms with Gasteiger partial charge in [0.15, 0.2) is 11.5 Å². The van der Waals surface area contributed by atoms with Gasteiger partial charge in [0.05, 0.1) is 12.3 Å². The van der Waals surface area contributed by atoms with E-state index < -0.39 is 12.5 Å². The third kappa shape index (κ3) is 4.33. The first-order valence-electron chi connectivity index (χ1n) is 9.57. The Morgan fingerprint density at radius 3 is 2.74 bits per heavy atom. The number of H-pyrrole nitrogens is 1. The van der Waals surface area contributed by atoms with Gasteiger partial charge in [0.25, 0.3) is 0 Å². The number of ether oxygens (including phenoxy) is 2. The zero-order valence-electron chi connectivity index (χ0n) is 16.4. The Kier molecular flexibility index (Phi) is 6.34. The van der Waals surface area contributed by atoms with Crippen LogP contribution in [0.4, 0.5) is 8.78 Å². The summed E-state index contributed by atoms with van der Waals surface area (Å²) in [5.41, 5.74) is 2.72. The molecule has 0 saturated carbocycles. The van der Waals surface area contributed by atoms with Gasteiger partial charge in [-0.25, -0.2) is 13.8 Å². The van der Waals surface area contributed by atoms with Crippen molar-refractivity contribution >= 4 is 22.6 Å². The second-order valence-electron chi connectivity index (χ2n) is 6.73. The molecule has 0 aliphatic carbocycles. The van der Waals surface area contributed by atoms with Crippen molar-refractivity contribution in [1.82, 2.24) is 9.97 Å². The highest BCUT2D eigenvalue weighted by atomic mass is 35.5. The number of halogens is 3. The molecule has 160 valence electrons. The molecule has 0 atom stereocenters. The van der Waals surface area contributed by atoms with Gasteiger partial charge in [0.2, 0.25) is 0 Å². The lowest BCUT2D eigenvalue weighted by molar-refractivity contribution is 0.242. The van der Waals surface area contributed by atoms with Crippen molar-refractivity contribution < 1.29 is 23.4 Å². The van der Waals surface area contributed by atoms with Crippen LogP contribution >= 0.6 is 11.6 Å². The number of para-hydroxylation sites is 1. The van der Waals surface area contributed by atoms with Crippen molar-refractivity contribution in [1.29, 1.82) is 0 Å². The molecule has 2 N–H and O–H groups in total. The largest absolute Gasteiger partial charge is 0.486 e. The first-order valence-corrected chi connectivity index (χ1v) is 9.95. The zero-order chi connectivity index (χ0) is 21.8. The van der Waals surface area contributed by atoms with E-state index in [0.29, 0.717) is 38.8 Å². The van der Waals surface area contributed by atoms with Crippen LogP contribution in [0.25, 0.3) is 22.3 Å². The quantitative estimate of drug-likeness (QED) is 0.379. The fraction of sp³-hybridized carbons (Fsp3) is 0.174. The number of aliphatic hydroxyl groups is 1. The normalized spacial score (nSPS) is 11.1. The van der Waals surface area contributed by atoms with Gasteiger partial charge in [-0.05, 0) is 36.4 Å². The summed E-state index contributed by atoms with van der Waals surface area (Å²) in [5, 5.41) is 11.0. The molecule has 0 aliphatic rings. The smallest absolute Gasteiger partial charge is 0.170 e. The van der Waals surface area contributed by atoms with Crippen LogP contribution in [0.2, 0.25) is 5.02 Å². The van der Waals surface area contributed by atoms with Gasteiger partial charge in [-0.2, -0.15) is 0 Å². The van der Waals surface area contributed by atoms with Gasteiger partial charge in [0.1, 0.15) is 31.4 Å². The fourth-order valence-corrected chi connectivity index (χ4v) is 3.54. The molecule has 0 radical (unpaired) electrons. The molecule has 2 aromatic heterocycles. The minimum Gasteiger partial charge on any atom is -0.486 e. The predicted octanol–water partition coefficient (Wildman–Crippen LogP) is 5.44. The summed E-state index contributed by atoms with van der Waals surface area (Å²) in [6.07, 6.45) is 1.64. The van der Waals surface area contributed by atoms with E-state index >= 15 is 0 Å². The van der Waals surface area contributed by atoms with Gasteiger partial charge in [0, 0.05) is 33.3 Å². The van der Waals surface area contributed by atoms with Crippen molar-refractivity contribution in [2.45, 2.75) is 13.2 Å². The average Bonchev–Trinajstić information content (AvgIpc) is 3.15. The Balaban J connectivity index is 1.75. The number of aromatic amines is 1. The van der Waals surface area contributed by atoms with E-state index in [4.69, 9.17) is 21.1 Å². The van der Waals surface area contributed by atoms with Gasteiger partial charge in [-0.1, -0.05) is 23.7 Å². The van der Waals surface area contributed by atoms with Crippen LogP contribution in [-0.2, 0) is 13.2 Å². The number of aliphatic hydroxyl groups excluding tert-OH is 1. The maximum absolute atomic E-state index is 14.1. The Bertz CT molecular complexity index is 1210. The van der Waals surface area contributed by atoms with E-state index in [2.05, 4.69) is 9.97 Å². The van der Waals surface area contributed by atoms with Crippen LogP contribution in [0.5, 0.6) is 11.5 Å². The van der Waals surface area contributed by atoms with Crippen molar-refractivity contribution in [3.8, 4) is 22.8 Å². The minimum absolute atomic E-state index is 0.0699. The third-order valence-corrected chi connectivity index (χ3v) is 5.04. The van der Waals surface area contributed by atoms with E-state index in [-0.39, 0.29) is 25.6 Å². The van der Waals surface area contributed by atoms with E-state index in [0.717, 1.165) is 5.39 Å². The lowest BCUT2D eigenvalue weighted by atomic mass is 10.0. The number of hydrogen-bond acceptors (Lipinski definition) is 4. The number of fused-ring (bicyclic) bond motifs is 1. The molecule has 0 bridgehead atoms. The van der Waals surface area contributed by atoms with Gasteiger partial charge >= 0.3 is 0 Å². The van der Waals surface area contributed by atoms with Crippen LogP contribution in [0.1, 0.15) is 11.1 Å². The minimum atomic E-state index is -0.694. The highest BCUT2D eigenvalue weighted by molar-refractivity contribution is 6.30. The van der Waals surface area contributed by atoms with Crippen molar-refractivity contribution in [2.75, 3.05) is 13.3 Å². The van der Waals surface area contributed by atoms with E-state index in [9.17, 15) is 13.9 Å². The summed E-state index contributed by atoms with van der Waals surface area (Å²) < 4.78 is 38.5. The molecule has 0 saturated heterocycles.